The summed E-state index contributed by atoms with van der Waals surface area (Å²) in [6, 6.07) is 1.88. The van der Waals surface area contributed by atoms with E-state index in [1.807, 2.05) is 6.07 Å². The van der Waals surface area contributed by atoms with Gasteiger partial charge in [0.2, 0.25) is 10.0 Å². The molecule has 146 valence electrons. The van der Waals surface area contributed by atoms with Gasteiger partial charge in [-0.3, -0.25) is 4.79 Å². The fourth-order valence-electron chi connectivity index (χ4n) is 2.57. The largest absolute Gasteiger partial charge is 0.351 e. The summed E-state index contributed by atoms with van der Waals surface area (Å²) in [6.07, 6.45) is 1.78. The molecule has 7 nitrogen and oxygen atoms in total. The van der Waals surface area contributed by atoms with Crippen molar-refractivity contribution in [1.82, 2.24) is 14.6 Å². The van der Waals surface area contributed by atoms with Gasteiger partial charge in [0.05, 0.1) is 15.8 Å². The number of thiophene rings is 1. The van der Waals surface area contributed by atoms with Crippen LogP contribution in [0.2, 0.25) is 0 Å². The van der Waals surface area contributed by atoms with E-state index in [4.69, 9.17) is 0 Å². The van der Waals surface area contributed by atoms with E-state index in [0.717, 1.165) is 27.8 Å². The Kier molecular flexibility index (Phi) is 7.39. The van der Waals surface area contributed by atoms with Gasteiger partial charge in [0.1, 0.15) is 4.83 Å². The maximum absolute atomic E-state index is 12.3. The Bertz CT molecular complexity index is 809. The van der Waals surface area contributed by atoms with E-state index in [1.165, 1.54) is 21.9 Å². The summed E-state index contributed by atoms with van der Waals surface area (Å²) in [7, 11) is -3.18. The summed E-state index contributed by atoms with van der Waals surface area (Å²) in [4.78, 5) is 20.6. The Morgan fingerprint density at radius 3 is 2.42 bits per heavy atom. The van der Waals surface area contributed by atoms with Crippen LogP contribution >= 0.6 is 22.7 Å². The number of sulfonamides is 1. The van der Waals surface area contributed by atoms with Gasteiger partial charge in [-0.1, -0.05) is 18.3 Å². The van der Waals surface area contributed by atoms with Crippen LogP contribution in [-0.4, -0.2) is 62.6 Å². The highest BCUT2D eigenvalue weighted by molar-refractivity contribution is 7.88. The summed E-state index contributed by atoms with van der Waals surface area (Å²) in [5, 5.41) is 3.85. The number of rotatable bonds is 10. The van der Waals surface area contributed by atoms with Crippen LogP contribution in [0.1, 0.15) is 36.9 Å². The molecule has 0 atom stereocenters. The van der Waals surface area contributed by atoms with E-state index in [0.29, 0.717) is 30.9 Å². The molecule has 2 aromatic rings. The van der Waals surface area contributed by atoms with Crippen molar-refractivity contribution < 1.29 is 13.2 Å². The number of hydrogen-bond acceptors (Lipinski definition) is 7. The van der Waals surface area contributed by atoms with Crippen LogP contribution in [-0.2, 0) is 10.0 Å². The molecule has 2 aromatic heterocycles. The van der Waals surface area contributed by atoms with Gasteiger partial charge >= 0.3 is 0 Å². The van der Waals surface area contributed by atoms with Crippen LogP contribution in [0.5, 0.6) is 0 Å². The van der Waals surface area contributed by atoms with Crippen LogP contribution in [0.25, 0.3) is 9.53 Å². The topological polar surface area (TPSA) is 82.6 Å². The van der Waals surface area contributed by atoms with Gasteiger partial charge in [-0.15, -0.1) is 11.3 Å². The number of fused-ring (bicyclic) bond motifs is 1. The van der Waals surface area contributed by atoms with Gasteiger partial charge in [-0.05, 0) is 26.3 Å². The van der Waals surface area contributed by atoms with Gasteiger partial charge in [-0.2, -0.15) is 0 Å². The van der Waals surface area contributed by atoms with Crippen molar-refractivity contribution in [1.29, 1.82) is 0 Å². The lowest BCUT2D eigenvalue weighted by atomic mass is 10.4. The Morgan fingerprint density at radius 1 is 1.19 bits per heavy atom. The second-order valence-corrected chi connectivity index (χ2v) is 9.84. The van der Waals surface area contributed by atoms with E-state index in [-0.39, 0.29) is 5.91 Å². The molecule has 10 heteroatoms. The van der Waals surface area contributed by atoms with Crippen LogP contribution in [0.15, 0.2) is 6.07 Å². The van der Waals surface area contributed by atoms with E-state index < -0.39 is 10.0 Å². The molecule has 26 heavy (non-hydrogen) atoms. The Hall–Kier alpha value is -1.23. The van der Waals surface area contributed by atoms with E-state index in [2.05, 4.69) is 29.0 Å². The minimum atomic E-state index is -3.18. The zero-order chi connectivity index (χ0) is 19.3. The molecule has 0 aromatic carbocycles. The van der Waals surface area contributed by atoms with Crippen LogP contribution in [0, 0.1) is 0 Å². The fraction of sp³-hybridized carbons (Fsp3) is 0.625. The van der Waals surface area contributed by atoms with Gasteiger partial charge in [-0.25, -0.2) is 17.7 Å². The van der Waals surface area contributed by atoms with Crippen molar-refractivity contribution in [2.24, 2.45) is 0 Å². The van der Waals surface area contributed by atoms with Crippen LogP contribution in [0.4, 0.5) is 5.13 Å². The number of hydrogen-bond donors (Lipinski definition) is 1. The van der Waals surface area contributed by atoms with E-state index in [1.54, 1.807) is 18.3 Å². The van der Waals surface area contributed by atoms with Crippen molar-refractivity contribution in [3.05, 3.63) is 10.9 Å². The summed E-state index contributed by atoms with van der Waals surface area (Å²) >= 11 is 2.99. The molecule has 2 heterocycles. The van der Waals surface area contributed by atoms with Gasteiger partial charge in [0, 0.05) is 32.7 Å². The lowest BCUT2D eigenvalue weighted by Crippen LogP contribution is -2.33. The predicted molar refractivity (Wildman–Crippen MR) is 110 cm³/mol. The zero-order valence-electron chi connectivity index (χ0n) is 15.6. The lowest BCUT2D eigenvalue weighted by Gasteiger charge is -2.17. The summed E-state index contributed by atoms with van der Waals surface area (Å²) < 4.78 is 25.5. The molecule has 0 bridgehead atoms. The zero-order valence-corrected chi connectivity index (χ0v) is 18.1. The number of aromatic nitrogens is 1. The van der Waals surface area contributed by atoms with Gasteiger partial charge in [0.15, 0.2) is 5.13 Å². The van der Waals surface area contributed by atoms with Crippen LogP contribution < -0.4 is 10.2 Å². The smallest absolute Gasteiger partial charge is 0.261 e. The Labute approximate surface area is 163 Å². The molecule has 0 aliphatic carbocycles. The molecule has 2 rings (SSSR count). The number of thiazole rings is 1. The molecule has 0 fully saturated rings. The number of nitrogens with zero attached hydrogens (tertiary/aromatic N) is 3. The maximum atomic E-state index is 12.3. The number of anilines is 1. The van der Waals surface area contributed by atoms with E-state index in [9.17, 15) is 13.2 Å². The Balaban J connectivity index is 1.90. The van der Waals surface area contributed by atoms with Crippen molar-refractivity contribution >= 4 is 53.3 Å². The first-order valence-electron chi connectivity index (χ1n) is 8.68. The molecule has 0 aliphatic rings. The molecule has 0 spiro atoms. The molecule has 0 aliphatic heterocycles. The number of carbonyl (C=O) groups excluding carboxylic acids is 1. The van der Waals surface area contributed by atoms with Gasteiger partial charge < -0.3 is 10.2 Å². The number of nitrogens with one attached hydrogen (secondary N) is 1. The second kappa shape index (κ2) is 9.12. The lowest BCUT2D eigenvalue weighted by molar-refractivity contribution is 0.0957. The molecule has 0 radical (unpaired) electrons. The molecule has 1 amide bonds. The van der Waals surface area contributed by atoms with Crippen molar-refractivity contribution in [2.75, 3.05) is 43.9 Å². The van der Waals surface area contributed by atoms with Crippen molar-refractivity contribution in [2.45, 2.75) is 27.2 Å². The van der Waals surface area contributed by atoms with Gasteiger partial charge in [0.25, 0.3) is 5.91 Å². The molecule has 1 N–H and O–H groups in total. The Morgan fingerprint density at radius 2 is 1.88 bits per heavy atom. The standard InChI is InChI=1S/C16H26N4O3S3/c1-5-19(6-2)16-18-15-13(25-16)11-12(24-15)14(21)17-9-8-10-20(7-3)26(4,22)23/h11H,5-10H2,1-4H3,(H,17,21). The monoisotopic (exact) mass is 418 g/mol. The highest BCUT2D eigenvalue weighted by Crippen LogP contribution is 2.34. The van der Waals surface area contributed by atoms with Crippen LogP contribution in [0.3, 0.4) is 0 Å². The first-order chi connectivity index (χ1) is 12.3. The maximum Gasteiger partial charge on any atom is 0.261 e. The third-order valence-corrected chi connectivity index (χ3v) is 7.63. The minimum Gasteiger partial charge on any atom is -0.351 e. The molecular weight excluding hydrogens is 392 g/mol. The third kappa shape index (κ3) is 5.15. The molecule has 0 saturated carbocycles. The first-order valence-corrected chi connectivity index (χ1v) is 12.2. The summed E-state index contributed by atoms with van der Waals surface area (Å²) in [5.74, 6) is -0.132. The molecule has 0 saturated heterocycles. The highest BCUT2D eigenvalue weighted by Gasteiger charge is 2.17. The summed E-state index contributed by atoms with van der Waals surface area (Å²) in [5.41, 5.74) is 0. The normalized spacial score (nSPS) is 12.0. The molecular formula is C16H26N4O3S3. The van der Waals surface area contributed by atoms with Crippen molar-refractivity contribution in [3.8, 4) is 0 Å². The second-order valence-electron chi connectivity index (χ2n) is 5.81. The highest BCUT2D eigenvalue weighted by atomic mass is 32.2. The number of carbonyl (C=O) groups is 1. The fourth-order valence-corrected chi connectivity index (χ4v) is 5.75. The average molecular weight is 419 g/mol. The average Bonchev–Trinajstić information content (AvgIpc) is 3.13. The summed E-state index contributed by atoms with van der Waals surface area (Å²) in [6.45, 7) is 9.10. The first kappa shape index (κ1) is 21.1. The van der Waals surface area contributed by atoms with E-state index >= 15 is 0 Å². The minimum absolute atomic E-state index is 0.132. The predicted octanol–water partition coefficient (Wildman–Crippen LogP) is 2.61. The van der Waals surface area contributed by atoms with Crippen molar-refractivity contribution in [3.63, 3.8) is 0 Å². The SMILES string of the molecule is CCN(CC)c1nc2sc(C(=O)NCCCN(CC)S(C)(=O)=O)cc2s1. The number of amides is 1. The quantitative estimate of drug-likeness (QED) is 0.600. The molecule has 0 unspecified atom stereocenters. The third-order valence-electron chi connectivity index (χ3n) is 4.03.